The molecule has 2 aromatic heterocycles. The minimum Gasteiger partial charge on any atom is -0.412 e. The van der Waals surface area contributed by atoms with Gasteiger partial charge in [-0.15, -0.1) is 0 Å². The zero-order valence-electron chi connectivity index (χ0n) is 16.3. The van der Waals surface area contributed by atoms with Gasteiger partial charge in [-0.05, 0) is 35.4 Å². The molecule has 8 N–H and O–H groups in total. The molecule has 0 aliphatic carbocycles. The number of hydrogen-bond acceptors (Lipinski definition) is 2. The maximum absolute atomic E-state index is 4.46. The van der Waals surface area contributed by atoms with Gasteiger partial charge < -0.3 is 31.0 Å². The van der Waals surface area contributed by atoms with Crippen LogP contribution in [0.5, 0.6) is 0 Å². The summed E-state index contributed by atoms with van der Waals surface area (Å²) in [5, 5.41) is 0. The lowest BCUT2D eigenvalue weighted by Crippen LogP contribution is -2.00. The van der Waals surface area contributed by atoms with E-state index in [1.54, 1.807) is 0 Å². The summed E-state index contributed by atoms with van der Waals surface area (Å²) in [4.78, 5) is 8.93. The van der Waals surface area contributed by atoms with Gasteiger partial charge in [-0.2, -0.15) is 0 Å². The third-order valence-electron chi connectivity index (χ3n) is 4.78. The summed E-state index contributed by atoms with van der Waals surface area (Å²) in [5.41, 5.74) is 6.95. The second-order valence-corrected chi connectivity index (χ2v) is 6.54. The molecule has 3 aromatic carbocycles. The van der Waals surface area contributed by atoms with Crippen molar-refractivity contribution in [2.24, 2.45) is 0 Å². The highest BCUT2D eigenvalue weighted by atomic mass is 16.0. The number of nitrogens with zero attached hydrogens (tertiary/aromatic N) is 4. The van der Waals surface area contributed by atoms with Crippen LogP contribution in [0.3, 0.4) is 0 Å². The number of hydrogen-bond donors (Lipinski definition) is 0. The summed E-state index contributed by atoms with van der Waals surface area (Å²) in [7, 11) is 0. The first-order valence-corrected chi connectivity index (χ1v) is 8.74. The smallest absolute Gasteiger partial charge is 0.0961 e. The molecule has 0 saturated carbocycles. The molecule has 0 saturated heterocycles. The van der Waals surface area contributed by atoms with E-state index < -0.39 is 0 Å². The van der Waals surface area contributed by atoms with Crippen molar-refractivity contribution >= 4 is 22.1 Å². The van der Waals surface area contributed by atoms with Gasteiger partial charge >= 0.3 is 0 Å². The van der Waals surface area contributed by atoms with E-state index in [9.17, 15) is 0 Å². The number of rotatable bonds is 4. The second-order valence-electron chi connectivity index (χ2n) is 6.54. The summed E-state index contributed by atoms with van der Waals surface area (Å²) in [5.74, 6) is 0. The summed E-state index contributed by atoms with van der Waals surface area (Å²) >= 11 is 0. The zero-order chi connectivity index (χ0) is 17.3. The molecule has 158 valence electrons. The highest BCUT2D eigenvalue weighted by Crippen LogP contribution is 2.17. The largest absolute Gasteiger partial charge is 0.412 e. The maximum Gasteiger partial charge on any atom is 0.0961 e. The summed E-state index contributed by atoms with van der Waals surface area (Å²) in [6.07, 6.45) is 3.83. The fraction of sp³-hybridized carbons (Fsp3) is 0.0909. The van der Waals surface area contributed by atoms with Gasteiger partial charge in [-0.1, -0.05) is 48.5 Å². The molecule has 0 radical (unpaired) electrons. The Bertz CT molecular complexity index is 1100. The Morgan fingerprint density at radius 2 is 0.867 bits per heavy atom. The molecule has 30 heavy (non-hydrogen) atoms. The zero-order valence-corrected chi connectivity index (χ0v) is 16.3. The number of aromatic nitrogens is 4. The van der Waals surface area contributed by atoms with E-state index in [1.165, 1.54) is 22.2 Å². The van der Waals surface area contributed by atoms with Gasteiger partial charge in [0, 0.05) is 13.1 Å². The van der Waals surface area contributed by atoms with Gasteiger partial charge in [0.05, 0.1) is 34.7 Å². The van der Waals surface area contributed by atoms with E-state index >= 15 is 0 Å². The van der Waals surface area contributed by atoms with E-state index in [1.807, 2.05) is 36.9 Å². The van der Waals surface area contributed by atoms with Gasteiger partial charge in [-0.3, -0.25) is 0 Å². The summed E-state index contributed by atoms with van der Waals surface area (Å²) < 4.78 is 4.38. The maximum atomic E-state index is 4.46. The highest BCUT2D eigenvalue weighted by molar-refractivity contribution is 5.75. The molecule has 5 aromatic rings. The Morgan fingerprint density at radius 1 is 0.500 bits per heavy atom. The van der Waals surface area contributed by atoms with Crippen LogP contribution in [0.4, 0.5) is 0 Å². The van der Waals surface area contributed by atoms with E-state index in [0.717, 1.165) is 24.1 Å². The average Bonchev–Trinajstić information content (AvgIpc) is 3.28. The molecular weight excluding hydrogens is 384 g/mol. The Kier molecular flexibility index (Phi) is 8.39. The molecule has 0 bridgehead atoms. The van der Waals surface area contributed by atoms with Gasteiger partial charge in [0.15, 0.2) is 0 Å². The molecule has 0 aliphatic rings. The molecule has 0 unspecified atom stereocenters. The molecular formula is C22H26N4O4. The Balaban J connectivity index is 0.00000112. The molecule has 0 atom stereocenters. The van der Waals surface area contributed by atoms with E-state index in [2.05, 4.69) is 67.6 Å². The van der Waals surface area contributed by atoms with Crippen LogP contribution in [0.1, 0.15) is 11.1 Å². The predicted molar refractivity (Wildman–Crippen MR) is 119 cm³/mol. The normalized spacial score (nSPS) is 9.87. The first-order chi connectivity index (χ1) is 12.9. The lowest BCUT2D eigenvalue weighted by Gasteiger charge is -2.08. The summed E-state index contributed by atoms with van der Waals surface area (Å²) in [6, 6.07) is 25.3. The van der Waals surface area contributed by atoms with Crippen molar-refractivity contribution in [3.05, 3.63) is 96.6 Å². The van der Waals surface area contributed by atoms with Crippen LogP contribution in [-0.2, 0) is 13.1 Å². The fourth-order valence-electron chi connectivity index (χ4n) is 3.42. The highest BCUT2D eigenvalue weighted by Gasteiger charge is 2.04. The van der Waals surface area contributed by atoms with Crippen molar-refractivity contribution in [1.82, 2.24) is 19.1 Å². The lowest BCUT2D eigenvalue weighted by atomic mass is 10.1. The van der Waals surface area contributed by atoms with E-state index in [-0.39, 0.29) is 21.9 Å². The molecule has 0 amide bonds. The van der Waals surface area contributed by atoms with E-state index in [4.69, 9.17) is 0 Å². The number of fused-ring (bicyclic) bond motifs is 2. The van der Waals surface area contributed by atoms with E-state index in [0.29, 0.717) is 0 Å². The van der Waals surface area contributed by atoms with Crippen LogP contribution in [0.25, 0.3) is 22.1 Å². The molecule has 0 spiro atoms. The van der Waals surface area contributed by atoms with Gasteiger partial charge in [0.2, 0.25) is 0 Å². The molecule has 0 fully saturated rings. The SMILES string of the molecule is O.O.O.O.c1ccc2c(c1)ncn2Cc1ccc(Cn2cnc3ccccc32)cc1. The Hall–Kier alpha value is -3.56. The standard InChI is InChI=1S/C22H18N4.4H2O/c1-3-7-21-19(5-1)23-15-25(21)13-17-9-11-18(12-10-17)14-26-16-24-20-6-2-4-8-22(20)26;;;;/h1-12,15-16H,13-14H2;4*1H2. The third kappa shape index (κ3) is 4.53. The average molecular weight is 410 g/mol. The van der Waals surface area contributed by atoms with Crippen LogP contribution in [0.2, 0.25) is 0 Å². The monoisotopic (exact) mass is 410 g/mol. The van der Waals surface area contributed by atoms with Crippen LogP contribution < -0.4 is 0 Å². The van der Waals surface area contributed by atoms with Crippen molar-refractivity contribution < 1.29 is 21.9 Å². The van der Waals surface area contributed by atoms with Crippen LogP contribution in [0.15, 0.2) is 85.5 Å². The number of para-hydroxylation sites is 4. The third-order valence-corrected chi connectivity index (χ3v) is 4.78. The van der Waals surface area contributed by atoms with Gasteiger partial charge in [-0.25, -0.2) is 9.97 Å². The molecule has 8 heteroatoms. The summed E-state index contributed by atoms with van der Waals surface area (Å²) in [6.45, 7) is 1.66. The van der Waals surface area contributed by atoms with Crippen molar-refractivity contribution in [2.75, 3.05) is 0 Å². The lowest BCUT2D eigenvalue weighted by molar-refractivity contribution is 0.811. The van der Waals surface area contributed by atoms with Gasteiger partial charge in [0.25, 0.3) is 0 Å². The van der Waals surface area contributed by atoms with Crippen molar-refractivity contribution in [2.45, 2.75) is 13.1 Å². The minimum atomic E-state index is 0. The van der Waals surface area contributed by atoms with Crippen LogP contribution in [0, 0.1) is 0 Å². The first-order valence-electron chi connectivity index (χ1n) is 8.74. The fourth-order valence-corrected chi connectivity index (χ4v) is 3.42. The Morgan fingerprint density at radius 3 is 1.27 bits per heavy atom. The first kappa shape index (κ1) is 24.5. The number of benzene rings is 3. The van der Waals surface area contributed by atoms with Crippen LogP contribution >= 0.6 is 0 Å². The molecule has 5 rings (SSSR count). The topological polar surface area (TPSA) is 162 Å². The van der Waals surface area contributed by atoms with Crippen LogP contribution in [-0.4, -0.2) is 41.0 Å². The minimum absolute atomic E-state index is 0. The quantitative estimate of drug-likeness (QED) is 0.435. The number of imidazole rings is 2. The van der Waals surface area contributed by atoms with Crippen molar-refractivity contribution in [3.8, 4) is 0 Å². The van der Waals surface area contributed by atoms with Crippen molar-refractivity contribution in [3.63, 3.8) is 0 Å². The predicted octanol–water partition coefficient (Wildman–Crippen LogP) is 1.18. The molecule has 0 aliphatic heterocycles. The second kappa shape index (κ2) is 10.3. The van der Waals surface area contributed by atoms with Gasteiger partial charge in [0.1, 0.15) is 0 Å². The molecule has 2 heterocycles. The van der Waals surface area contributed by atoms with Crippen molar-refractivity contribution in [1.29, 1.82) is 0 Å². The Labute approximate surface area is 173 Å². The molecule has 8 nitrogen and oxygen atoms in total.